The number of aryl methyl sites for hydroxylation is 1. The lowest BCUT2D eigenvalue weighted by atomic mass is 10.2. The number of nitrogens with one attached hydrogen (secondary N) is 1. The van der Waals surface area contributed by atoms with Crippen LogP contribution in [0.5, 0.6) is 0 Å². The van der Waals surface area contributed by atoms with Crippen LogP contribution in [0.4, 0.5) is 10.1 Å². The van der Waals surface area contributed by atoms with Gasteiger partial charge in [-0.25, -0.2) is 4.39 Å². The van der Waals surface area contributed by atoms with Gasteiger partial charge < -0.3 is 10.2 Å². The molecule has 3 nitrogen and oxygen atoms in total. The molecule has 0 aromatic heterocycles. The van der Waals surface area contributed by atoms with Crippen LogP contribution in [0.25, 0.3) is 0 Å². The van der Waals surface area contributed by atoms with Gasteiger partial charge in [0.05, 0.1) is 0 Å². The van der Waals surface area contributed by atoms with Crippen molar-refractivity contribution in [1.82, 2.24) is 5.32 Å². The number of hydrogen-bond acceptors (Lipinski definition) is 2. The summed E-state index contributed by atoms with van der Waals surface area (Å²) in [6.45, 7) is 3.46. The van der Waals surface area contributed by atoms with E-state index in [0.717, 1.165) is 18.7 Å². The summed E-state index contributed by atoms with van der Waals surface area (Å²) in [5, 5.41) is 2.81. The minimum atomic E-state index is -0.397. The van der Waals surface area contributed by atoms with Crippen LogP contribution in [0, 0.1) is 12.7 Å². The lowest BCUT2D eigenvalue weighted by Gasteiger charge is -2.19. The monoisotopic (exact) mass is 300 g/mol. The van der Waals surface area contributed by atoms with Gasteiger partial charge in [-0.05, 0) is 43.7 Å². The topological polar surface area (TPSA) is 32.3 Å². The van der Waals surface area contributed by atoms with Crippen LogP contribution in [-0.4, -0.2) is 26.0 Å². The molecular formula is C18H21FN2O. The first kappa shape index (κ1) is 16.0. The van der Waals surface area contributed by atoms with Gasteiger partial charge in [0, 0.05) is 31.4 Å². The highest BCUT2D eigenvalue weighted by molar-refractivity contribution is 5.94. The van der Waals surface area contributed by atoms with Crippen LogP contribution >= 0.6 is 0 Å². The number of carbonyl (C=O) groups is 1. The predicted octanol–water partition coefficient (Wildman–Crippen LogP) is 3.39. The summed E-state index contributed by atoms with van der Waals surface area (Å²) >= 11 is 0. The van der Waals surface area contributed by atoms with E-state index in [1.807, 2.05) is 7.05 Å². The Balaban J connectivity index is 1.75. The van der Waals surface area contributed by atoms with Gasteiger partial charge in [-0.1, -0.05) is 23.8 Å². The molecule has 0 aliphatic carbocycles. The fourth-order valence-electron chi connectivity index (χ4n) is 2.18. The maximum atomic E-state index is 13.1. The molecule has 1 N–H and O–H groups in total. The van der Waals surface area contributed by atoms with E-state index in [1.165, 1.54) is 23.8 Å². The van der Waals surface area contributed by atoms with Crippen molar-refractivity contribution in [2.24, 2.45) is 0 Å². The van der Waals surface area contributed by atoms with Crippen LogP contribution in [0.15, 0.2) is 48.5 Å². The van der Waals surface area contributed by atoms with Crippen molar-refractivity contribution in [2.75, 3.05) is 25.0 Å². The minimum absolute atomic E-state index is 0.238. The molecule has 0 fully saturated rings. The lowest BCUT2D eigenvalue weighted by Crippen LogP contribution is -2.28. The molecule has 0 atom stereocenters. The second-order valence-corrected chi connectivity index (χ2v) is 5.38. The van der Waals surface area contributed by atoms with Gasteiger partial charge in [-0.15, -0.1) is 0 Å². The van der Waals surface area contributed by atoms with E-state index in [9.17, 15) is 9.18 Å². The molecule has 0 saturated heterocycles. The SMILES string of the molecule is Cc1ccc(N(C)CCCNC(=O)c2cccc(F)c2)cc1. The van der Waals surface area contributed by atoms with Gasteiger partial charge in [0.15, 0.2) is 0 Å². The van der Waals surface area contributed by atoms with E-state index in [2.05, 4.69) is 41.4 Å². The molecule has 0 saturated carbocycles. The molecule has 22 heavy (non-hydrogen) atoms. The maximum absolute atomic E-state index is 13.1. The Bertz CT molecular complexity index is 625. The van der Waals surface area contributed by atoms with E-state index >= 15 is 0 Å². The fourth-order valence-corrected chi connectivity index (χ4v) is 2.18. The van der Waals surface area contributed by atoms with Crippen molar-refractivity contribution in [1.29, 1.82) is 0 Å². The third-order valence-electron chi connectivity index (χ3n) is 3.52. The van der Waals surface area contributed by atoms with Gasteiger partial charge in [-0.2, -0.15) is 0 Å². The molecule has 0 spiro atoms. The third kappa shape index (κ3) is 4.58. The van der Waals surface area contributed by atoms with E-state index < -0.39 is 5.82 Å². The first-order valence-corrected chi connectivity index (χ1v) is 7.38. The molecule has 2 aromatic rings. The van der Waals surface area contributed by atoms with Gasteiger partial charge in [0.25, 0.3) is 5.91 Å². The summed E-state index contributed by atoms with van der Waals surface area (Å²) in [6, 6.07) is 14.0. The molecule has 0 unspecified atom stereocenters. The lowest BCUT2D eigenvalue weighted by molar-refractivity contribution is 0.0953. The maximum Gasteiger partial charge on any atom is 0.251 e. The van der Waals surface area contributed by atoms with Crippen LogP contribution in [0.1, 0.15) is 22.3 Å². The number of carbonyl (C=O) groups excluding carboxylic acids is 1. The quantitative estimate of drug-likeness (QED) is 0.829. The molecule has 2 aromatic carbocycles. The van der Waals surface area contributed by atoms with Crippen molar-refractivity contribution in [2.45, 2.75) is 13.3 Å². The minimum Gasteiger partial charge on any atom is -0.375 e. The Morgan fingerprint density at radius 2 is 1.91 bits per heavy atom. The van der Waals surface area contributed by atoms with Crippen molar-refractivity contribution < 1.29 is 9.18 Å². The number of hydrogen-bond donors (Lipinski definition) is 1. The molecule has 1 amide bonds. The van der Waals surface area contributed by atoms with Crippen molar-refractivity contribution in [3.63, 3.8) is 0 Å². The van der Waals surface area contributed by atoms with E-state index in [0.29, 0.717) is 12.1 Å². The summed E-state index contributed by atoms with van der Waals surface area (Å²) in [7, 11) is 2.03. The summed E-state index contributed by atoms with van der Waals surface area (Å²) in [4.78, 5) is 14.0. The van der Waals surface area contributed by atoms with Crippen LogP contribution in [0.3, 0.4) is 0 Å². The third-order valence-corrected chi connectivity index (χ3v) is 3.52. The zero-order chi connectivity index (χ0) is 15.9. The fraction of sp³-hybridized carbons (Fsp3) is 0.278. The molecule has 0 radical (unpaired) electrons. The largest absolute Gasteiger partial charge is 0.375 e. The number of anilines is 1. The number of benzene rings is 2. The first-order chi connectivity index (χ1) is 10.6. The average molecular weight is 300 g/mol. The van der Waals surface area contributed by atoms with Gasteiger partial charge in [-0.3, -0.25) is 4.79 Å². The molecular weight excluding hydrogens is 279 g/mol. The Hall–Kier alpha value is -2.36. The van der Waals surface area contributed by atoms with Gasteiger partial charge in [0.2, 0.25) is 0 Å². The first-order valence-electron chi connectivity index (χ1n) is 7.38. The molecule has 116 valence electrons. The number of rotatable bonds is 6. The molecule has 2 rings (SSSR count). The highest BCUT2D eigenvalue weighted by atomic mass is 19.1. The molecule has 4 heteroatoms. The van der Waals surface area contributed by atoms with Crippen molar-refractivity contribution in [3.8, 4) is 0 Å². The summed E-state index contributed by atoms with van der Waals surface area (Å²) in [6.07, 6.45) is 0.825. The van der Waals surface area contributed by atoms with Crippen LogP contribution < -0.4 is 10.2 Å². The van der Waals surface area contributed by atoms with Crippen LogP contribution in [-0.2, 0) is 0 Å². The van der Waals surface area contributed by atoms with E-state index in [1.54, 1.807) is 6.07 Å². The summed E-state index contributed by atoms with van der Waals surface area (Å²) in [5.41, 5.74) is 2.74. The second-order valence-electron chi connectivity index (χ2n) is 5.38. The summed E-state index contributed by atoms with van der Waals surface area (Å²) < 4.78 is 13.1. The average Bonchev–Trinajstić information content (AvgIpc) is 2.51. The molecule has 0 heterocycles. The Morgan fingerprint density at radius 1 is 1.18 bits per heavy atom. The van der Waals surface area contributed by atoms with Crippen LogP contribution in [0.2, 0.25) is 0 Å². The zero-order valence-corrected chi connectivity index (χ0v) is 13.0. The number of amides is 1. The smallest absolute Gasteiger partial charge is 0.251 e. The normalized spacial score (nSPS) is 10.3. The Kier molecular flexibility index (Phi) is 5.53. The van der Waals surface area contributed by atoms with Gasteiger partial charge in [0.1, 0.15) is 5.82 Å². The molecule has 0 bridgehead atoms. The van der Waals surface area contributed by atoms with Crippen molar-refractivity contribution in [3.05, 3.63) is 65.5 Å². The second kappa shape index (κ2) is 7.59. The summed E-state index contributed by atoms with van der Waals surface area (Å²) in [5.74, 6) is -0.635. The Labute approximate surface area is 130 Å². The van der Waals surface area contributed by atoms with E-state index in [4.69, 9.17) is 0 Å². The molecule has 0 aliphatic heterocycles. The zero-order valence-electron chi connectivity index (χ0n) is 13.0. The standard InChI is InChI=1S/C18H21FN2O/c1-14-7-9-17(10-8-14)21(2)12-4-11-20-18(22)15-5-3-6-16(19)13-15/h3,5-10,13H,4,11-12H2,1-2H3,(H,20,22). The van der Waals surface area contributed by atoms with Crippen molar-refractivity contribution >= 4 is 11.6 Å². The Morgan fingerprint density at radius 3 is 2.59 bits per heavy atom. The van der Waals surface area contributed by atoms with E-state index in [-0.39, 0.29) is 5.91 Å². The molecule has 0 aliphatic rings. The predicted molar refractivity (Wildman–Crippen MR) is 87.8 cm³/mol. The highest BCUT2D eigenvalue weighted by Gasteiger charge is 2.06. The number of halogens is 1. The van der Waals surface area contributed by atoms with Gasteiger partial charge >= 0.3 is 0 Å². The highest BCUT2D eigenvalue weighted by Crippen LogP contribution is 2.13. The number of nitrogens with zero attached hydrogens (tertiary/aromatic N) is 1.